The third kappa shape index (κ3) is 5.74. The molecule has 168 valence electrons. The summed E-state index contributed by atoms with van der Waals surface area (Å²) in [5.74, 6) is 0.829. The van der Waals surface area contributed by atoms with E-state index >= 15 is 0 Å². The van der Waals surface area contributed by atoms with Gasteiger partial charge in [-0.1, -0.05) is 19.1 Å². The average molecular weight is 425 g/mol. The summed E-state index contributed by atoms with van der Waals surface area (Å²) in [6, 6.07) is 9.95. The van der Waals surface area contributed by atoms with E-state index in [9.17, 15) is 9.59 Å². The van der Waals surface area contributed by atoms with Crippen LogP contribution >= 0.6 is 0 Å². The highest BCUT2D eigenvalue weighted by Gasteiger charge is 2.24. The van der Waals surface area contributed by atoms with Crippen molar-refractivity contribution in [3.63, 3.8) is 0 Å². The van der Waals surface area contributed by atoms with Crippen molar-refractivity contribution in [2.45, 2.75) is 58.0 Å². The number of carbonyl (C=O) groups excluding carboxylic acids is 1. The fourth-order valence-electron chi connectivity index (χ4n) is 5.21. The van der Waals surface area contributed by atoms with E-state index < -0.39 is 0 Å². The number of likely N-dealkylation sites (N-methyl/N-ethyl adjacent to an activating group) is 1. The lowest BCUT2D eigenvalue weighted by atomic mass is 9.92. The zero-order chi connectivity index (χ0) is 21.6. The largest absolute Gasteiger partial charge is 0.357 e. The van der Waals surface area contributed by atoms with Crippen LogP contribution in [0.5, 0.6) is 0 Å². The fraction of sp³-hybridized carbons (Fsp3) is 0.600. The Labute approximate surface area is 185 Å². The first-order valence-corrected chi connectivity index (χ1v) is 12.0. The number of para-hydroxylation sites is 1. The summed E-state index contributed by atoms with van der Waals surface area (Å²) in [7, 11) is 0. The Morgan fingerprint density at radius 2 is 1.97 bits per heavy atom. The standard InChI is InChI=1S/C25H36N4O2/c1-2-29-13-5-6-21(29)17-26-25(31)10-9-19-11-14-28(15-12-19)18-20-16-24(30)22-7-3-4-8-23(22)27-20/h3-4,7-8,16,19,21H,2,5-6,9-15,17-18H2,1H3,(H,26,31)(H,27,30)/t21-/m1/s1. The van der Waals surface area contributed by atoms with E-state index in [1.54, 1.807) is 6.07 Å². The lowest BCUT2D eigenvalue weighted by Gasteiger charge is -2.31. The predicted octanol–water partition coefficient (Wildman–Crippen LogP) is 3.12. The number of fused-ring (bicyclic) bond motifs is 1. The number of aromatic amines is 1. The molecule has 6 nitrogen and oxygen atoms in total. The van der Waals surface area contributed by atoms with Crippen LogP contribution in [0.4, 0.5) is 0 Å². The lowest BCUT2D eigenvalue weighted by Crippen LogP contribution is -2.40. The van der Waals surface area contributed by atoms with E-state index in [1.807, 2.05) is 24.3 Å². The number of aromatic nitrogens is 1. The zero-order valence-corrected chi connectivity index (χ0v) is 18.7. The van der Waals surface area contributed by atoms with Gasteiger partial charge in [0.15, 0.2) is 5.43 Å². The summed E-state index contributed by atoms with van der Waals surface area (Å²) in [5.41, 5.74) is 1.98. The molecule has 1 amide bonds. The molecule has 2 aliphatic heterocycles. The maximum Gasteiger partial charge on any atom is 0.220 e. The second-order valence-corrected chi connectivity index (χ2v) is 9.19. The van der Waals surface area contributed by atoms with E-state index in [0.29, 0.717) is 18.4 Å². The Morgan fingerprint density at radius 3 is 2.77 bits per heavy atom. The number of likely N-dealkylation sites (tertiary alicyclic amines) is 2. The molecule has 2 fully saturated rings. The van der Waals surface area contributed by atoms with Crippen molar-refractivity contribution in [3.8, 4) is 0 Å². The van der Waals surface area contributed by atoms with Gasteiger partial charge < -0.3 is 10.3 Å². The number of hydrogen-bond donors (Lipinski definition) is 2. The first-order chi connectivity index (χ1) is 15.1. The summed E-state index contributed by atoms with van der Waals surface area (Å²) < 4.78 is 0. The van der Waals surface area contributed by atoms with Crippen LogP contribution in [0, 0.1) is 5.92 Å². The van der Waals surface area contributed by atoms with Crippen LogP contribution < -0.4 is 10.7 Å². The summed E-state index contributed by atoms with van der Waals surface area (Å²) in [5, 5.41) is 3.91. The summed E-state index contributed by atoms with van der Waals surface area (Å²) >= 11 is 0. The van der Waals surface area contributed by atoms with Crippen molar-refractivity contribution in [2.75, 3.05) is 32.7 Å². The highest BCUT2D eigenvalue weighted by molar-refractivity contribution is 5.78. The van der Waals surface area contributed by atoms with Crippen LogP contribution in [0.25, 0.3) is 10.9 Å². The van der Waals surface area contributed by atoms with E-state index in [0.717, 1.165) is 68.6 Å². The number of rotatable bonds is 8. The Morgan fingerprint density at radius 1 is 1.16 bits per heavy atom. The number of nitrogens with zero attached hydrogens (tertiary/aromatic N) is 2. The number of piperidine rings is 1. The highest BCUT2D eigenvalue weighted by Crippen LogP contribution is 2.23. The Bertz CT molecular complexity index is 933. The monoisotopic (exact) mass is 424 g/mol. The molecule has 1 aromatic heterocycles. The normalized spacial score (nSPS) is 21.0. The zero-order valence-electron chi connectivity index (χ0n) is 18.7. The number of nitrogens with one attached hydrogen (secondary N) is 2. The third-order valence-electron chi connectivity index (χ3n) is 7.11. The SMILES string of the molecule is CCN1CCC[C@@H]1CNC(=O)CCC1CCN(Cc2cc(=O)c3ccccc3[nH]2)CC1. The van der Waals surface area contributed by atoms with Gasteiger partial charge in [0, 0.05) is 48.2 Å². The van der Waals surface area contributed by atoms with Crippen LogP contribution in [-0.2, 0) is 11.3 Å². The second kappa shape index (κ2) is 10.4. The minimum Gasteiger partial charge on any atom is -0.357 e. The molecule has 0 saturated carbocycles. The number of hydrogen-bond acceptors (Lipinski definition) is 4. The third-order valence-corrected chi connectivity index (χ3v) is 7.11. The lowest BCUT2D eigenvalue weighted by molar-refractivity contribution is -0.121. The van der Waals surface area contributed by atoms with Gasteiger partial charge in [-0.2, -0.15) is 0 Å². The van der Waals surface area contributed by atoms with E-state index in [2.05, 4.69) is 27.0 Å². The van der Waals surface area contributed by atoms with Crippen molar-refractivity contribution < 1.29 is 4.79 Å². The van der Waals surface area contributed by atoms with Gasteiger partial charge in [0.05, 0.1) is 0 Å². The van der Waals surface area contributed by atoms with Gasteiger partial charge in [-0.05, 0) is 76.3 Å². The number of H-pyrrole nitrogens is 1. The molecule has 3 heterocycles. The van der Waals surface area contributed by atoms with Gasteiger partial charge in [0.25, 0.3) is 0 Å². The minimum atomic E-state index is 0.0879. The van der Waals surface area contributed by atoms with E-state index in [1.165, 1.54) is 19.4 Å². The van der Waals surface area contributed by atoms with Crippen molar-refractivity contribution in [3.05, 3.63) is 46.2 Å². The van der Waals surface area contributed by atoms with Crippen molar-refractivity contribution in [1.29, 1.82) is 0 Å². The molecule has 0 bridgehead atoms. The molecule has 2 aromatic rings. The van der Waals surface area contributed by atoms with E-state index in [4.69, 9.17) is 0 Å². The number of pyridine rings is 1. The molecule has 1 atom stereocenters. The maximum absolute atomic E-state index is 12.3. The van der Waals surface area contributed by atoms with Gasteiger partial charge in [-0.15, -0.1) is 0 Å². The maximum atomic E-state index is 12.3. The molecule has 2 N–H and O–H groups in total. The molecule has 1 aromatic carbocycles. The molecule has 6 heteroatoms. The molecule has 4 rings (SSSR count). The number of carbonyl (C=O) groups is 1. The molecule has 0 radical (unpaired) electrons. The predicted molar refractivity (Wildman–Crippen MR) is 125 cm³/mol. The molecule has 31 heavy (non-hydrogen) atoms. The molecule has 2 aliphatic rings. The van der Waals surface area contributed by atoms with Crippen LogP contribution in [0.3, 0.4) is 0 Å². The molecule has 0 aliphatic carbocycles. The van der Waals surface area contributed by atoms with Crippen molar-refractivity contribution >= 4 is 16.8 Å². The average Bonchev–Trinajstić information content (AvgIpc) is 3.25. The first-order valence-electron chi connectivity index (χ1n) is 12.0. The second-order valence-electron chi connectivity index (χ2n) is 9.19. The Balaban J connectivity index is 1.18. The number of benzene rings is 1. The summed E-state index contributed by atoms with van der Waals surface area (Å²) in [6.45, 7) is 8.07. The summed E-state index contributed by atoms with van der Waals surface area (Å²) in [6.07, 6.45) is 6.32. The van der Waals surface area contributed by atoms with Gasteiger partial charge in [0.2, 0.25) is 5.91 Å². The van der Waals surface area contributed by atoms with Crippen LogP contribution in [0.1, 0.15) is 51.1 Å². The molecule has 0 spiro atoms. The summed E-state index contributed by atoms with van der Waals surface area (Å²) in [4.78, 5) is 32.9. The smallest absolute Gasteiger partial charge is 0.220 e. The molecule has 2 saturated heterocycles. The molecule has 0 unspecified atom stereocenters. The van der Waals surface area contributed by atoms with Crippen LogP contribution in [-0.4, -0.2) is 59.5 Å². The van der Waals surface area contributed by atoms with Crippen LogP contribution in [0.2, 0.25) is 0 Å². The van der Waals surface area contributed by atoms with E-state index in [-0.39, 0.29) is 11.3 Å². The Kier molecular flexibility index (Phi) is 7.41. The highest BCUT2D eigenvalue weighted by atomic mass is 16.1. The quantitative estimate of drug-likeness (QED) is 0.683. The van der Waals surface area contributed by atoms with Crippen molar-refractivity contribution in [1.82, 2.24) is 20.1 Å². The number of amides is 1. The van der Waals surface area contributed by atoms with Crippen LogP contribution in [0.15, 0.2) is 35.1 Å². The van der Waals surface area contributed by atoms with Gasteiger partial charge in [-0.25, -0.2) is 0 Å². The fourth-order valence-corrected chi connectivity index (χ4v) is 5.21. The van der Waals surface area contributed by atoms with Gasteiger partial charge in [0.1, 0.15) is 0 Å². The van der Waals surface area contributed by atoms with Gasteiger partial charge in [-0.3, -0.25) is 19.4 Å². The Hall–Kier alpha value is -2.18. The minimum absolute atomic E-state index is 0.0879. The van der Waals surface area contributed by atoms with Gasteiger partial charge >= 0.3 is 0 Å². The first kappa shape index (κ1) is 22.0. The topological polar surface area (TPSA) is 68.4 Å². The van der Waals surface area contributed by atoms with Crippen molar-refractivity contribution in [2.24, 2.45) is 5.92 Å². The molecular weight excluding hydrogens is 388 g/mol. The molecular formula is C25H36N4O2.